The number of carbonyl (C=O) groups excluding carboxylic acids is 1. The number of ether oxygens (including phenoxy) is 2. The van der Waals surface area contributed by atoms with Crippen molar-refractivity contribution < 1.29 is 14.3 Å². The third-order valence-electron chi connectivity index (χ3n) is 5.78. The van der Waals surface area contributed by atoms with Crippen molar-refractivity contribution >= 4 is 22.4 Å². The Kier molecular flexibility index (Phi) is 8.16. The van der Waals surface area contributed by atoms with Crippen LogP contribution in [0, 0.1) is 6.92 Å². The first-order valence-corrected chi connectivity index (χ1v) is 12.4. The fourth-order valence-electron chi connectivity index (χ4n) is 3.76. The van der Waals surface area contributed by atoms with E-state index in [0.717, 1.165) is 39.8 Å². The van der Waals surface area contributed by atoms with Crippen molar-refractivity contribution in [1.82, 2.24) is 4.98 Å². The Morgan fingerprint density at radius 2 is 1.57 bits per heavy atom. The van der Waals surface area contributed by atoms with E-state index in [1.54, 1.807) is 11.3 Å². The first kappa shape index (κ1) is 24.5. The van der Waals surface area contributed by atoms with Crippen LogP contribution in [0.3, 0.4) is 0 Å². The van der Waals surface area contributed by atoms with Gasteiger partial charge in [-0.25, -0.2) is 4.98 Å². The van der Waals surface area contributed by atoms with Crippen LogP contribution in [0.4, 0.5) is 5.13 Å². The number of esters is 1. The monoisotopic (exact) mass is 486 g/mol. The van der Waals surface area contributed by atoms with Gasteiger partial charge in [0.1, 0.15) is 12.4 Å². The quantitative estimate of drug-likeness (QED) is 0.242. The Morgan fingerprint density at radius 1 is 0.914 bits per heavy atom. The van der Waals surface area contributed by atoms with Crippen molar-refractivity contribution in [3.63, 3.8) is 0 Å². The van der Waals surface area contributed by atoms with Crippen LogP contribution < -0.4 is 9.64 Å². The van der Waals surface area contributed by atoms with Gasteiger partial charge in [0, 0.05) is 30.5 Å². The minimum atomic E-state index is -0.196. The normalized spacial score (nSPS) is 10.7. The molecule has 0 fully saturated rings. The fourth-order valence-corrected chi connectivity index (χ4v) is 4.65. The number of aromatic nitrogens is 1. The predicted molar refractivity (Wildman–Crippen MR) is 142 cm³/mol. The molecule has 3 aromatic carbocycles. The fraction of sp³-hybridized carbons (Fsp3) is 0.241. The summed E-state index contributed by atoms with van der Waals surface area (Å²) < 4.78 is 10.6. The number of hydrogen-bond acceptors (Lipinski definition) is 6. The molecule has 1 aromatic heterocycles. The molecule has 4 rings (SSSR count). The van der Waals surface area contributed by atoms with Gasteiger partial charge in [0.15, 0.2) is 5.13 Å². The summed E-state index contributed by atoms with van der Waals surface area (Å²) >= 11 is 1.72. The Hall–Kier alpha value is -3.64. The Bertz CT molecular complexity index is 1240. The molecule has 1 heterocycles. The molecule has 5 nitrogen and oxygen atoms in total. The summed E-state index contributed by atoms with van der Waals surface area (Å²) in [5.74, 6) is 0.614. The number of aryl methyl sites for hydroxylation is 2. The SMILES string of the molecule is COC(=O)CCc1ccc(OCc2ccc(CN(C)c3nc(-c4ccccc4)c(C)s3)cc2)cc1. The highest BCUT2D eigenvalue weighted by molar-refractivity contribution is 7.16. The Balaban J connectivity index is 1.29. The standard InChI is InChI=1S/C29H30N2O3S/c1-21-28(25-7-5-4-6-8-25)30-29(35-21)31(2)19-23-9-11-24(12-10-23)20-34-26-16-13-22(14-17-26)15-18-27(32)33-3/h4-14,16-17H,15,18-20H2,1-3H3. The maximum Gasteiger partial charge on any atom is 0.305 e. The molecule has 0 unspecified atom stereocenters. The summed E-state index contributed by atoms with van der Waals surface area (Å²) in [5, 5.41) is 1.02. The minimum Gasteiger partial charge on any atom is -0.489 e. The van der Waals surface area contributed by atoms with Gasteiger partial charge < -0.3 is 14.4 Å². The van der Waals surface area contributed by atoms with Crippen molar-refractivity contribution in [2.45, 2.75) is 32.9 Å². The molecule has 0 aliphatic carbocycles. The maximum absolute atomic E-state index is 11.3. The summed E-state index contributed by atoms with van der Waals surface area (Å²) in [6, 6.07) is 26.7. The van der Waals surface area contributed by atoms with E-state index in [9.17, 15) is 4.79 Å². The van der Waals surface area contributed by atoms with Gasteiger partial charge in [0.25, 0.3) is 0 Å². The molecule has 0 N–H and O–H groups in total. The highest BCUT2D eigenvalue weighted by Gasteiger charge is 2.13. The van der Waals surface area contributed by atoms with E-state index >= 15 is 0 Å². The van der Waals surface area contributed by atoms with E-state index in [2.05, 4.69) is 60.0 Å². The summed E-state index contributed by atoms with van der Waals surface area (Å²) in [6.07, 6.45) is 1.05. The van der Waals surface area contributed by atoms with Gasteiger partial charge in [-0.15, -0.1) is 11.3 Å². The second-order valence-electron chi connectivity index (χ2n) is 8.45. The zero-order valence-electron chi connectivity index (χ0n) is 20.4. The topological polar surface area (TPSA) is 51.7 Å². The molecule has 6 heteroatoms. The van der Waals surface area contributed by atoms with E-state index in [4.69, 9.17) is 9.72 Å². The van der Waals surface area contributed by atoms with Crippen molar-refractivity contribution in [2.75, 3.05) is 19.1 Å². The lowest BCUT2D eigenvalue weighted by Gasteiger charge is -2.16. The van der Waals surface area contributed by atoms with Crippen LogP contribution in [0.2, 0.25) is 0 Å². The highest BCUT2D eigenvalue weighted by atomic mass is 32.1. The van der Waals surface area contributed by atoms with Crippen LogP contribution in [0.5, 0.6) is 5.75 Å². The molecule has 0 amide bonds. The molecule has 0 aliphatic heterocycles. The molecular weight excluding hydrogens is 456 g/mol. The number of benzene rings is 3. The Morgan fingerprint density at radius 3 is 2.26 bits per heavy atom. The third kappa shape index (κ3) is 6.70. The summed E-state index contributed by atoms with van der Waals surface area (Å²) in [4.78, 5) is 19.6. The van der Waals surface area contributed by atoms with Gasteiger partial charge in [-0.05, 0) is 42.2 Å². The van der Waals surface area contributed by atoms with Crippen LogP contribution >= 0.6 is 11.3 Å². The van der Waals surface area contributed by atoms with E-state index in [1.807, 2.05) is 42.5 Å². The van der Waals surface area contributed by atoms with E-state index in [-0.39, 0.29) is 5.97 Å². The van der Waals surface area contributed by atoms with Gasteiger partial charge in [-0.1, -0.05) is 66.7 Å². The molecular formula is C29H30N2O3S. The molecule has 0 bridgehead atoms. The summed E-state index contributed by atoms with van der Waals surface area (Å²) in [6.45, 7) is 3.42. The summed E-state index contributed by atoms with van der Waals surface area (Å²) in [5.41, 5.74) is 5.63. The van der Waals surface area contributed by atoms with Crippen molar-refractivity contribution in [3.8, 4) is 17.0 Å². The van der Waals surface area contributed by atoms with Crippen LogP contribution in [-0.2, 0) is 29.1 Å². The van der Waals surface area contributed by atoms with E-state index in [1.165, 1.54) is 17.6 Å². The summed E-state index contributed by atoms with van der Waals surface area (Å²) in [7, 11) is 3.49. The smallest absolute Gasteiger partial charge is 0.305 e. The average Bonchev–Trinajstić information content (AvgIpc) is 3.29. The first-order valence-electron chi connectivity index (χ1n) is 11.6. The highest BCUT2D eigenvalue weighted by Crippen LogP contribution is 2.32. The second-order valence-corrected chi connectivity index (χ2v) is 9.63. The zero-order chi connectivity index (χ0) is 24.6. The van der Waals surface area contributed by atoms with Gasteiger partial charge in [0.2, 0.25) is 0 Å². The van der Waals surface area contributed by atoms with Crippen molar-refractivity contribution in [1.29, 1.82) is 0 Å². The second kappa shape index (κ2) is 11.7. The first-order chi connectivity index (χ1) is 17.0. The molecule has 0 saturated heterocycles. The van der Waals surface area contributed by atoms with Crippen molar-refractivity contribution in [2.24, 2.45) is 0 Å². The predicted octanol–water partition coefficient (Wildman–Crippen LogP) is 6.44. The Labute approximate surface area is 211 Å². The van der Waals surface area contributed by atoms with Crippen molar-refractivity contribution in [3.05, 3.63) is 100 Å². The number of methoxy groups -OCH3 is 1. The largest absolute Gasteiger partial charge is 0.489 e. The average molecular weight is 487 g/mol. The number of thiazole rings is 1. The van der Waals surface area contributed by atoms with Crippen LogP contribution in [-0.4, -0.2) is 25.1 Å². The molecule has 35 heavy (non-hydrogen) atoms. The van der Waals surface area contributed by atoms with Gasteiger partial charge in [-0.2, -0.15) is 0 Å². The number of hydrogen-bond donors (Lipinski definition) is 0. The molecule has 4 aromatic rings. The maximum atomic E-state index is 11.3. The van der Waals surface area contributed by atoms with Gasteiger partial charge in [0.05, 0.1) is 12.8 Å². The molecule has 0 atom stereocenters. The molecule has 0 aliphatic rings. The molecule has 0 radical (unpaired) electrons. The lowest BCUT2D eigenvalue weighted by atomic mass is 10.1. The number of rotatable bonds is 10. The van der Waals surface area contributed by atoms with Gasteiger partial charge in [-0.3, -0.25) is 4.79 Å². The van der Waals surface area contributed by atoms with Gasteiger partial charge >= 0.3 is 5.97 Å². The number of nitrogens with zero attached hydrogens (tertiary/aromatic N) is 2. The van der Waals surface area contributed by atoms with Crippen LogP contribution in [0.25, 0.3) is 11.3 Å². The van der Waals surface area contributed by atoms with Crippen LogP contribution in [0.15, 0.2) is 78.9 Å². The lowest BCUT2D eigenvalue weighted by molar-refractivity contribution is -0.140. The minimum absolute atomic E-state index is 0.196. The lowest BCUT2D eigenvalue weighted by Crippen LogP contribution is -2.16. The number of anilines is 1. The van der Waals surface area contributed by atoms with E-state index in [0.29, 0.717) is 19.4 Å². The molecule has 0 saturated carbocycles. The number of carbonyl (C=O) groups is 1. The molecule has 180 valence electrons. The third-order valence-corrected chi connectivity index (χ3v) is 6.86. The van der Waals surface area contributed by atoms with Crippen LogP contribution in [0.1, 0.15) is 28.0 Å². The van der Waals surface area contributed by atoms with E-state index < -0.39 is 0 Å². The molecule has 0 spiro atoms. The zero-order valence-corrected chi connectivity index (χ0v) is 21.2.